The number of likely N-dealkylation sites (tertiary alicyclic amines) is 2. The number of thiazole rings is 1. The summed E-state index contributed by atoms with van der Waals surface area (Å²) >= 11 is 1.67. The van der Waals surface area contributed by atoms with Gasteiger partial charge in [0.15, 0.2) is 0 Å². The average molecular weight is 388 g/mol. The first kappa shape index (κ1) is 18.6. The summed E-state index contributed by atoms with van der Waals surface area (Å²) in [6, 6.07) is 0. The van der Waals surface area contributed by atoms with Crippen molar-refractivity contribution in [2.24, 2.45) is 0 Å². The van der Waals surface area contributed by atoms with Crippen molar-refractivity contribution in [1.82, 2.24) is 24.6 Å². The van der Waals surface area contributed by atoms with Crippen molar-refractivity contribution in [3.05, 3.63) is 34.0 Å². The fourth-order valence-corrected chi connectivity index (χ4v) is 5.21. The van der Waals surface area contributed by atoms with Gasteiger partial charge in [-0.25, -0.2) is 4.98 Å². The number of rotatable bonds is 5. The molecule has 27 heavy (non-hydrogen) atoms. The molecule has 4 rings (SSSR count). The van der Waals surface area contributed by atoms with Gasteiger partial charge in [-0.2, -0.15) is 5.10 Å². The molecule has 2 saturated heterocycles. The zero-order chi connectivity index (χ0) is 18.9. The highest BCUT2D eigenvalue weighted by atomic mass is 32.1. The zero-order valence-electron chi connectivity index (χ0n) is 16.4. The van der Waals surface area contributed by atoms with Gasteiger partial charge in [-0.05, 0) is 46.1 Å². The van der Waals surface area contributed by atoms with E-state index in [0.29, 0.717) is 18.9 Å². The molecular weight excluding hydrogens is 358 g/mol. The number of aryl methyl sites for hydroxylation is 2. The molecule has 0 radical (unpaired) electrons. The average Bonchev–Trinajstić information content (AvgIpc) is 3.31. The second kappa shape index (κ2) is 7.72. The molecule has 0 aliphatic carbocycles. The lowest BCUT2D eigenvalue weighted by molar-refractivity contribution is -0.132. The first-order valence-electron chi connectivity index (χ1n) is 10.0. The third kappa shape index (κ3) is 3.94. The lowest BCUT2D eigenvalue weighted by atomic mass is 9.87. The Morgan fingerprint density at radius 2 is 2.11 bits per heavy atom. The van der Waals surface area contributed by atoms with Crippen LogP contribution < -0.4 is 0 Å². The molecular formula is C20H29N5OS. The molecule has 0 saturated carbocycles. The van der Waals surface area contributed by atoms with Crippen LogP contribution in [0, 0.1) is 6.92 Å². The van der Waals surface area contributed by atoms with Gasteiger partial charge in [0.25, 0.3) is 0 Å². The summed E-state index contributed by atoms with van der Waals surface area (Å²) in [6.07, 6.45) is 9.12. The summed E-state index contributed by atoms with van der Waals surface area (Å²) in [5.41, 5.74) is 2.35. The number of amides is 1. The smallest absolute Gasteiger partial charge is 0.223 e. The second-order valence-corrected chi connectivity index (χ2v) is 8.96. The Bertz CT molecular complexity index is 800. The maximum atomic E-state index is 12.7. The van der Waals surface area contributed by atoms with Crippen LogP contribution >= 0.6 is 11.3 Å². The van der Waals surface area contributed by atoms with E-state index in [-0.39, 0.29) is 5.54 Å². The van der Waals surface area contributed by atoms with Crippen LogP contribution in [0.15, 0.2) is 17.8 Å². The van der Waals surface area contributed by atoms with Crippen molar-refractivity contribution in [3.63, 3.8) is 0 Å². The summed E-state index contributed by atoms with van der Waals surface area (Å²) in [5, 5.41) is 7.57. The highest BCUT2D eigenvalue weighted by molar-refractivity contribution is 7.09. The summed E-state index contributed by atoms with van der Waals surface area (Å²) in [6.45, 7) is 8.81. The number of hydrogen-bond acceptors (Lipinski definition) is 5. The monoisotopic (exact) mass is 387 g/mol. The van der Waals surface area contributed by atoms with Crippen molar-refractivity contribution in [3.8, 4) is 0 Å². The molecule has 2 aliphatic rings. The molecule has 1 spiro atoms. The van der Waals surface area contributed by atoms with Crippen LogP contribution in [0.25, 0.3) is 0 Å². The summed E-state index contributed by atoms with van der Waals surface area (Å²) in [4.78, 5) is 21.9. The minimum Gasteiger partial charge on any atom is -0.331 e. The van der Waals surface area contributed by atoms with Gasteiger partial charge in [0.1, 0.15) is 0 Å². The number of aromatic nitrogens is 3. The fraction of sp³-hybridized carbons (Fsp3) is 0.650. The molecule has 146 valence electrons. The van der Waals surface area contributed by atoms with E-state index in [2.05, 4.69) is 38.4 Å². The van der Waals surface area contributed by atoms with Crippen molar-refractivity contribution in [2.75, 3.05) is 13.1 Å². The largest absolute Gasteiger partial charge is 0.331 e. The molecule has 0 bridgehead atoms. The Labute approximate surface area is 165 Å². The van der Waals surface area contributed by atoms with Crippen molar-refractivity contribution >= 4 is 17.2 Å². The number of carbonyl (C=O) groups excluding carboxylic acids is 1. The number of hydrogen-bond donors (Lipinski definition) is 0. The predicted octanol–water partition coefficient (Wildman–Crippen LogP) is 3.22. The minimum absolute atomic E-state index is 0.0248. The predicted molar refractivity (Wildman–Crippen MR) is 106 cm³/mol. The van der Waals surface area contributed by atoms with E-state index in [1.54, 1.807) is 11.3 Å². The third-order valence-electron chi connectivity index (χ3n) is 6.09. The van der Waals surface area contributed by atoms with Crippen LogP contribution in [0.1, 0.15) is 55.3 Å². The highest BCUT2D eigenvalue weighted by Gasteiger charge is 2.45. The highest BCUT2D eigenvalue weighted by Crippen LogP contribution is 2.40. The maximum absolute atomic E-state index is 12.7. The van der Waals surface area contributed by atoms with Gasteiger partial charge in [-0.1, -0.05) is 0 Å². The molecule has 1 amide bonds. The van der Waals surface area contributed by atoms with Gasteiger partial charge in [-0.3, -0.25) is 14.4 Å². The quantitative estimate of drug-likeness (QED) is 0.790. The van der Waals surface area contributed by atoms with Crippen molar-refractivity contribution in [1.29, 1.82) is 0 Å². The van der Waals surface area contributed by atoms with Gasteiger partial charge in [-0.15, -0.1) is 11.3 Å². The van der Waals surface area contributed by atoms with E-state index >= 15 is 0 Å². The summed E-state index contributed by atoms with van der Waals surface area (Å²) in [5.74, 6) is 0.304. The molecule has 2 fully saturated rings. The van der Waals surface area contributed by atoms with Gasteiger partial charge in [0.05, 0.1) is 23.4 Å². The molecule has 2 aromatic rings. The van der Waals surface area contributed by atoms with E-state index in [1.165, 1.54) is 5.56 Å². The van der Waals surface area contributed by atoms with E-state index in [1.807, 2.05) is 17.8 Å². The molecule has 2 aliphatic heterocycles. The fourth-order valence-electron chi connectivity index (χ4n) is 4.60. The Kier molecular flexibility index (Phi) is 5.32. The Balaban J connectivity index is 1.44. The van der Waals surface area contributed by atoms with Crippen LogP contribution in [0.5, 0.6) is 0 Å². The third-order valence-corrected chi connectivity index (χ3v) is 6.91. The van der Waals surface area contributed by atoms with Crippen LogP contribution in [-0.4, -0.2) is 49.1 Å². The summed E-state index contributed by atoms with van der Waals surface area (Å²) < 4.78 is 1.99. The number of nitrogens with zero attached hydrogens (tertiary/aromatic N) is 5. The van der Waals surface area contributed by atoms with E-state index in [4.69, 9.17) is 0 Å². The van der Waals surface area contributed by atoms with E-state index in [0.717, 1.165) is 62.6 Å². The van der Waals surface area contributed by atoms with Crippen LogP contribution in [-0.2, 0) is 24.4 Å². The molecule has 1 atom stereocenters. The van der Waals surface area contributed by atoms with Crippen molar-refractivity contribution < 1.29 is 4.79 Å². The Morgan fingerprint density at radius 1 is 1.22 bits per heavy atom. The second-order valence-electron chi connectivity index (χ2n) is 7.90. The molecule has 0 aromatic carbocycles. The van der Waals surface area contributed by atoms with Crippen LogP contribution in [0.3, 0.4) is 0 Å². The lowest BCUT2D eigenvalue weighted by Crippen LogP contribution is -2.46. The first-order chi connectivity index (χ1) is 13.1. The standard InChI is InChI=1S/C20H29N5OS/c1-3-24-13-17(11-21-24)12-23-9-4-6-20(8-10-23)7-5-19(26)25(20)14-18-15-27-16(2)22-18/h11,13,15H,3-10,12,14H2,1-2H3. The minimum atomic E-state index is 0.0248. The molecule has 4 heterocycles. The Morgan fingerprint density at radius 3 is 2.85 bits per heavy atom. The molecule has 2 aromatic heterocycles. The van der Waals surface area contributed by atoms with Crippen LogP contribution in [0.2, 0.25) is 0 Å². The van der Waals surface area contributed by atoms with Crippen molar-refractivity contribution in [2.45, 2.75) is 71.1 Å². The molecule has 6 nitrogen and oxygen atoms in total. The first-order valence-corrected chi connectivity index (χ1v) is 10.9. The number of carbonyl (C=O) groups is 1. The van der Waals surface area contributed by atoms with Gasteiger partial charge in [0.2, 0.25) is 5.91 Å². The maximum Gasteiger partial charge on any atom is 0.223 e. The zero-order valence-corrected chi connectivity index (χ0v) is 17.2. The SMILES string of the molecule is CCn1cc(CN2CCCC3(CCC(=O)N3Cc3csc(C)n3)CC2)cn1. The normalized spacial score (nSPS) is 24.1. The van der Waals surface area contributed by atoms with E-state index in [9.17, 15) is 4.79 Å². The molecule has 7 heteroatoms. The van der Waals surface area contributed by atoms with Crippen LogP contribution in [0.4, 0.5) is 0 Å². The summed E-state index contributed by atoms with van der Waals surface area (Å²) in [7, 11) is 0. The Hall–Kier alpha value is -1.73. The van der Waals surface area contributed by atoms with E-state index < -0.39 is 0 Å². The molecule has 1 unspecified atom stereocenters. The van der Waals surface area contributed by atoms with Gasteiger partial charge >= 0.3 is 0 Å². The molecule has 0 N–H and O–H groups in total. The topological polar surface area (TPSA) is 54.3 Å². The lowest BCUT2D eigenvalue weighted by Gasteiger charge is -2.38. The van der Waals surface area contributed by atoms with Gasteiger partial charge in [0, 0.05) is 48.7 Å². The van der Waals surface area contributed by atoms with Gasteiger partial charge < -0.3 is 4.90 Å².